The van der Waals surface area contributed by atoms with Crippen molar-refractivity contribution >= 4 is 49.9 Å². The summed E-state index contributed by atoms with van der Waals surface area (Å²) in [7, 11) is 4.06. The highest BCUT2D eigenvalue weighted by molar-refractivity contribution is 7.22. The van der Waals surface area contributed by atoms with Gasteiger partial charge in [-0.15, -0.1) is 0 Å². The molecular formula is C23H30ClN5O2S. The normalized spacial score (nSPS) is 12.9. The summed E-state index contributed by atoms with van der Waals surface area (Å²) in [5, 5.41) is 20.4. The molecule has 3 aromatic rings. The number of aromatic nitrogens is 1. The van der Waals surface area contributed by atoms with Gasteiger partial charge in [0, 0.05) is 18.7 Å². The van der Waals surface area contributed by atoms with Crippen LogP contribution in [0.15, 0.2) is 36.4 Å². The van der Waals surface area contributed by atoms with Crippen LogP contribution in [0.5, 0.6) is 0 Å². The van der Waals surface area contributed by atoms with Gasteiger partial charge >= 0.3 is 0 Å². The molecule has 1 aromatic heterocycles. The highest BCUT2D eigenvalue weighted by Gasteiger charge is 2.20. The molecule has 3 rings (SSSR count). The van der Waals surface area contributed by atoms with Gasteiger partial charge in [-0.3, -0.25) is 10.1 Å². The highest BCUT2D eigenvalue weighted by Crippen LogP contribution is 2.29. The number of carbonyl (C=O) groups is 1. The van der Waals surface area contributed by atoms with Crippen LogP contribution in [0, 0.1) is 12.3 Å². The maximum atomic E-state index is 12.7. The molecule has 0 aliphatic heterocycles. The predicted octanol–water partition coefficient (Wildman–Crippen LogP) is 4.38. The zero-order valence-electron chi connectivity index (χ0n) is 19.0. The van der Waals surface area contributed by atoms with Crippen LogP contribution >= 0.6 is 22.9 Å². The van der Waals surface area contributed by atoms with Crippen molar-refractivity contribution in [2.45, 2.75) is 27.1 Å². The average Bonchev–Trinajstić information content (AvgIpc) is 3.09. The third kappa shape index (κ3) is 6.40. The molecule has 0 saturated carbocycles. The molecule has 1 amide bonds. The van der Waals surface area contributed by atoms with Gasteiger partial charge in [0.2, 0.25) is 0 Å². The molecule has 172 valence electrons. The molecule has 4 N–H and O–H groups in total. The van der Waals surface area contributed by atoms with E-state index in [2.05, 4.69) is 39.7 Å². The number of nitrogens with one attached hydrogen (secondary N) is 3. The predicted molar refractivity (Wildman–Crippen MR) is 134 cm³/mol. The lowest BCUT2D eigenvalue weighted by Crippen LogP contribution is -2.44. The van der Waals surface area contributed by atoms with Crippen molar-refractivity contribution in [1.82, 2.24) is 15.2 Å². The van der Waals surface area contributed by atoms with E-state index >= 15 is 0 Å². The lowest BCUT2D eigenvalue weighted by Gasteiger charge is -2.29. The summed E-state index contributed by atoms with van der Waals surface area (Å²) in [6, 6.07) is 10.8. The van der Waals surface area contributed by atoms with Gasteiger partial charge in [-0.2, -0.15) is 0 Å². The van der Waals surface area contributed by atoms with E-state index in [4.69, 9.17) is 11.6 Å². The molecule has 0 bridgehead atoms. The van der Waals surface area contributed by atoms with E-state index in [1.165, 1.54) is 11.3 Å². The summed E-state index contributed by atoms with van der Waals surface area (Å²) < 4.78 is 0.844. The first-order valence-corrected chi connectivity index (χ1v) is 11.5. The minimum atomic E-state index is -0.928. The van der Waals surface area contributed by atoms with Gasteiger partial charge in [0.25, 0.3) is 5.91 Å². The number of aliphatic hydroxyl groups excluding tert-OH is 1. The van der Waals surface area contributed by atoms with Crippen LogP contribution in [0.2, 0.25) is 5.02 Å². The van der Waals surface area contributed by atoms with E-state index in [1.807, 2.05) is 33.2 Å². The third-order valence-electron chi connectivity index (χ3n) is 4.89. The third-order valence-corrected chi connectivity index (χ3v) is 6.15. The minimum Gasteiger partial charge on any atom is -0.361 e. The molecule has 0 saturated heterocycles. The quantitative estimate of drug-likeness (QED) is 0.343. The standard InChI is InChI=1S/C23H30ClN5O2S/c1-14-7-6-8-16(24)19(14)27-20(30)15-9-10-17-18(11-15)32-22(26-17)28-21(31)25-12-23(2,3)13-29(4)5/h6-11,21,25,31H,12-13H2,1-5H3,(H,26,28)(H,27,30). The Morgan fingerprint density at radius 2 is 2.03 bits per heavy atom. The maximum Gasteiger partial charge on any atom is 0.255 e. The Hall–Kier alpha value is -2.23. The Balaban J connectivity index is 1.66. The zero-order valence-corrected chi connectivity index (χ0v) is 20.6. The molecule has 7 nitrogen and oxygen atoms in total. The van der Waals surface area contributed by atoms with Crippen LogP contribution in [0.1, 0.15) is 29.8 Å². The summed E-state index contributed by atoms with van der Waals surface area (Å²) in [6.45, 7) is 7.71. The molecule has 9 heteroatoms. The number of para-hydroxylation sites is 1. The number of aryl methyl sites for hydroxylation is 1. The SMILES string of the molecule is Cc1cccc(Cl)c1NC(=O)c1ccc2nc(NC(O)NCC(C)(C)CN(C)C)sc2c1. The number of carbonyl (C=O) groups excluding carboxylic acids is 1. The van der Waals surface area contributed by atoms with E-state index in [9.17, 15) is 9.90 Å². The number of hydrogen-bond donors (Lipinski definition) is 4. The number of benzene rings is 2. The van der Waals surface area contributed by atoms with E-state index in [1.54, 1.807) is 24.3 Å². The topological polar surface area (TPSA) is 89.5 Å². The molecule has 1 heterocycles. The average molecular weight is 476 g/mol. The van der Waals surface area contributed by atoms with Gasteiger partial charge in [-0.25, -0.2) is 4.98 Å². The second kappa shape index (κ2) is 10.1. The summed E-state index contributed by atoms with van der Waals surface area (Å²) >= 11 is 7.60. The van der Waals surface area contributed by atoms with Gasteiger partial charge in [0.15, 0.2) is 11.5 Å². The Labute approximate surface area is 197 Å². The summed E-state index contributed by atoms with van der Waals surface area (Å²) in [5.41, 5.74) is 2.77. The second-order valence-corrected chi connectivity index (χ2v) is 10.4. The van der Waals surface area contributed by atoms with E-state index in [-0.39, 0.29) is 11.3 Å². The zero-order chi connectivity index (χ0) is 23.5. The molecule has 32 heavy (non-hydrogen) atoms. The van der Waals surface area contributed by atoms with Gasteiger partial charge in [-0.1, -0.05) is 48.9 Å². The van der Waals surface area contributed by atoms with Crippen LogP contribution in [0.4, 0.5) is 10.8 Å². The fourth-order valence-electron chi connectivity index (χ4n) is 3.56. The van der Waals surface area contributed by atoms with E-state index in [0.29, 0.717) is 27.9 Å². The Bertz CT molecular complexity index is 1080. The van der Waals surface area contributed by atoms with Gasteiger partial charge < -0.3 is 20.6 Å². The molecule has 2 aromatic carbocycles. The van der Waals surface area contributed by atoms with Crippen molar-refractivity contribution in [3.63, 3.8) is 0 Å². The molecule has 0 spiro atoms. The van der Waals surface area contributed by atoms with Crippen molar-refractivity contribution in [3.8, 4) is 0 Å². The summed E-state index contributed by atoms with van der Waals surface area (Å²) in [4.78, 5) is 19.4. The number of halogens is 1. The number of fused-ring (bicyclic) bond motifs is 1. The Morgan fingerprint density at radius 3 is 2.72 bits per heavy atom. The van der Waals surface area contributed by atoms with Crippen LogP contribution < -0.4 is 16.0 Å². The van der Waals surface area contributed by atoms with Crippen LogP contribution in [-0.4, -0.2) is 54.4 Å². The van der Waals surface area contributed by atoms with Crippen molar-refractivity contribution in [1.29, 1.82) is 0 Å². The van der Waals surface area contributed by atoms with Gasteiger partial charge in [0.05, 0.1) is 20.9 Å². The first kappa shape index (κ1) is 24.4. The molecule has 0 aliphatic rings. The van der Waals surface area contributed by atoms with Crippen molar-refractivity contribution < 1.29 is 9.90 Å². The van der Waals surface area contributed by atoms with Crippen LogP contribution in [-0.2, 0) is 0 Å². The second-order valence-electron chi connectivity index (χ2n) is 8.92. The smallest absolute Gasteiger partial charge is 0.255 e. The highest BCUT2D eigenvalue weighted by atomic mass is 35.5. The van der Waals surface area contributed by atoms with Crippen molar-refractivity contribution in [2.24, 2.45) is 5.41 Å². The molecule has 0 fully saturated rings. The van der Waals surface area contributed by atoms with E-state index in [0.717, 1.165) is 22.3 Å². The summed E-state index contributed by atoms with van der Waals surface area (Å²) in [6.07, 6.45) is -0.928. The monoisotopic (exact) mass is 475 g/mol. The maximum absolute atomic E-state index is 12.7. The number of thiazole rings is 1. The van der Waals surface area contributed by atoms with Crippen LogP contribution in [0.3, 0.4) is 0 Å². The van der Waals surface area contributed by atoms with Gasteiger partial charge in [0.1, 0.15) is 0 Å². The molecular weight excluding hydrogens is 446 g/mol. The number of aliphatic hydroxyl groups is 1. The summed E-state index contributed by atoms with van der Waals surface area (Å²) in [5.74, 6) is -0.240. The van der Waals surface area contributed by atoms with E-state index < -0.39 is 6.35 Å². The van der Waals surface area contributed by atoms with Crippen molar-refractivity contribution in [3.05, 3.63) is 52.5 Å². The first-order valence-electron chi connectivity index (χ1n) is 10.3. The number of amides is 1. The molecule has 0 aliphatic carbocycles. The number of anilines is 2. The minimum absolute atomic E-state index is 0.00200. The Kier molecular flexibility index (Phi) is 7.74. The fraction of sp³-hybridized carbons (Fsp3) is 0.391. The fourth-order valence-corrected chi connectivity index (χ4v) is 4.75. The number of nitrogens with zero attached hydrogens (tertiary/aromatic N) is 2. The molecule has 1 unspecified atom stereocenters. The largest absolute Gasteiger partial charge is 0.361 e. The molecule has 0 radical (unpaired) electrons. The Morgan fingerprint density at radius 1 is 1.28 bits per heavy atom. The lowest BCUT2D eigenvalue weighted by atomic mass is 9.93. The van der Waals surface area contributed by atoms with Crippen LogP contribution in [0.25, 0.3) is 10.2 Å². The van der Waals surface area contributed by atoms with Gasteiger partial charge in [-0.05, 0) is 56.3 Å². The first-order chi connectivity index (χ1) is 15.0. The lowest BCUT2D eigenvalue weighted by molar-refractivity contribution is 0.102. The number of rotatable bonds is 9. The number of hydrogen-bond acceptors (Lipinski definition) is 7. The van der Waals surface area contributed by atoms with Crippen molar-refractivity contribution in [2.75, 3.05) is 37.8 Å². The molecule has 1 atom stereocenters.